The predicted molar refractivity (Wildman–Crippen MR) is 160 cm³/mol. The molecule has 0 bridgehead atoms. The summed E-state index contributed by atoms with van der Waals surface area (Å²) in [7, 11) is 7.48. The number of hydrogen-bond donors (Lipinski definition) is 1. The van der Waals surface area contributed by atoms with Gasteiger partial charge in [-0.15, -0.1) is 0 Å². The van der Waals surface area contributed by atoms with Gasteiger partial charge < -0.3 is 19.9 Å². The molecule has 0 saturated heterocycles. The maximum Gasteiger partial charge on any atom is 0.255 e. The van der Waals surface area contributed by atoms with Crippen molar-refractivity contribution in [3.05, 3.63) is 77.1 Å². The summed E-state index contributed by atoms with van der Waals surface area (Å²) in [6.07, 6.45) is 7.55. The maximum absolute atomic E-state index is 12.8. The van der Waals surface area contributed by atoms with Crippen LogP contribution in [0.4, 0.5) is 0 Å². The minimum Gasteiger partial charge on any atom is -0.438 e. The lowest BCUT2D eigenvalue weighted by Gasteiger charge is -2.19. The van der Waals surface area contributed by atoms with Gasteiger partial charge in [0.05, 0.1) is 5.56 Å². The number of rotatable bonds is 10. The lowest BCUT2D eigenvalue weighted by atomic mass is 10.1. The number of aromatic nitrogens is 1. The first-order valence-electron chi connectivity index (χ1n) is 12.6. The van der Waals surface area contributed by atoms with E-state index in [-0.39, 0.29) is 16.8 Å². The van der Waals surface area contributed by atoms with E-state index in [2.05, 4.69) is 31.8 Å². The number of nitrogens with zero attached hydrogens (tertiary/aromatic N) is 5. The first-order valence-corrected chi connectivity index (χ1v) is 13.0. The van der Waals surface area contributed by atoms with E-state index in [1.165, 1.54) is 12.4 Å². The Kier molecular flexibility index (Phi) is 14.6. The molecule has 0 spiro atoms. The van der Waals surface area contributed by atoms with Gasteiger partial charge in [-0.1, -0.05) is 44.2 Å². The van der Waals surface area contributed by atoms with Crippen molar-refractivity contribution in [3.8, 4) is 11.6 Å². The van der Waals surface area contributed by atoms with Gasteiger partial charge >= 0.3 is 0 Å². The molecule has 0 unspecified atom stereocenters. The Hall–Kier alpha value is -3.49. The monoisotopic (exact) mass is 540 g/mol. The molecule has 38 heavy (non-hydrogen) atoms. The summed E-state index contributed by atoms with van der Waals surface area (Å²) in [4.78, 5) is 29.4. The fourth-order valence-corrected chi connectivity index (χ4v) is 3.51. The second-order valence-electron chi connectivity index (χ2n) is 8.37. The van der Waals surface area contributed by atoms with Crippen molar-refractivity contribution in [2.75, 3.05) is 41.3 Å². The lowest BCUT2D eigenvalue weighted by Crippen LogP contribution is -2.30. The van der Waals surface area contributed by atoms with Crippen LogP contribution in [0.5, 0.6) is 11.6 Å². The standard InChI is InChI=1S/C27H35ClN6O2.C2H6/c1-8-11-24(29-4)32-25(30-9-2)22-17-21(13-12-19(22)3)36-26-23(28)16-20(18-31-26)27(35)34(7)15-10-14-33(5)6;1-2/h8-9,11-13,16-18H,2,10,14-15H2,1,3-7H3,(H,29,30,32);1-2H3/b11-8-;. The van der Waals surface area contributed by atoms with E-state index in [9.17, 15) is 4.79 Å². The predicted octanol–water partition coefficient (Wildman–Crippen LogP) is 5.97. The summed E-state index contributed by atoms with van der Waals surface area (Å²) in [5.74, 6) is 1.81. The van der Waals surface area contributed by atoms with Crippen LogP contribution in [0, 0.1) is 6.92 Å². The van der Waals surface area contributed by atoms with Crippen LogP contribution in [0.1, 0.15) is 48.7 Å². The number of amidine groups is 2. The Morgan fingerprint density at radius 3 is 2.50 bits per heavy atom. The van der Waals surface area contributed by atoms with E-state index >= 15 is 0 Å². The molecule has 8 nitrogen and oxygen atoms in total. The summed E-state index contributed by atoms with van der Waals surface area (Å²) in [5, 5.41) is 3.46. The largest absolute Gasteiger partial charge is 0.438 e. The fraction of sp³-hybridized carbons (Fsp3) is 0.379. The molecule has 1 aromatic heterocycles. The summed E-state index contributed by atoms with van der Waals surface area (Å²) in [6, 6.07) is 7.15. The molecular formula is C29H41ClN6O2. The average Bonchev–Trinajstić information content (AvgIpc) is 2.90. The molecular weight excluding hydrogens is 500 g/mol. The highest BCUT2D eigenvalue weighted by atomic mass is 35.5. The number of aryl methyl sites for hydroxylation is 1. The maximum atomic E-state index is 12.8. The van der Waals surface area contributed by atoms with Crippen molar-refractivity contribution in [3.63, 3.8) is 0 Å². The number of carbonyl (C=O) groups is 1. The van der Waals surface area contributed by atoms with Crippen LogP contribution in [-0.4, -0.2) is 73.6 Å². The van der Waals surface area contributed by atoms with Crippen molar-refractivity contribution in [1.82, 2.24) is 20.1 Å². The van der Waals surface area contributed by atoms with Crippen molar-refractivity contribution < 1.29 is 9.53 Å². The van der Waals surface area contributed by atoms with Crippen LogP contribution in [0.3, 0.4) is 0 Å². The minimum atomic E-state index is -0.141. The number of allylic oxidation sites excluding steroid dienone is 1. The Labute approximate surface area is 232 Å². The Morgan fingerprint density at radius 1 is 1.21 bits per heavy atom. The molecule has 1 heterocycles. The van der Waals surface area contributed by atoms with Crippen molar-refractivity contribution in [1.29, 1.82) is 0 Å². The molecule has 1 N–H and O–H groups in total. The molecule has 0 atom stereocenters. The van der Waals surface area contributed by atoms with Gasteiger partial charge in [0.15, 0.2) is 0 Å². The summed E-state index contributed by atoms with van der Waals surface area (Å²) in [5.41, 5.74) is 2.19. The molecule has 0 aliphatic rings. The molecule has 1 aromatic carbocycles. The van der Waals surface area contributed by atoms with E-state index in [1.807, 2.05) is 72.1 Å². The number of pyridine rings is 1. The molecule has 0 aliphatic heterocycles. The van der Waals surface area contributed by atoms with Crippen LogP contribution < -0.4 is 10.1 Å². The first-order chi connectivity index (χ1) is 18.2. The smallest absolute Gasteiger partial charge is 0.255 e. The lowest BCUT2D eigenvalue weighted by molar-refractivity contribution is 0.0790. The molecule has 2 rings (SSSR count). The van der Waals surface area contributed by atoms with Crippen LogP contribution in [0.2, 0.25) is 5.02 Å². The summed E-state index contributed by atoms with van der Waals surface area (Å²) >= 11 is 6.44. The number of carbonyl (C=O) groups excluding carboxylic acids is 1. The highest BCUT2D eigenvalue weighted by Gasteiger charge is 2.16. The molecule has 2 aromatic rings. The van der Waals surface area contributed by atoms with E-state index in [4.69, 9.17) is 16.3 Å². The van der Waals surface area contributed by atoms with Gasteiger partial charge in [-0.3, -0.25) is 9.79 Å². The van der Waals surface area contributed by atoms with E-state index in [0.717, 1.165) is 24.1 Å². The molecule has 0 fully saturated rings. The Morgan fingerprint density at radius 2 is 1.92 bits per heavy atom. The SMILES string of the molecule is C=CN=C(NC(/C=C\C)=NC)c1cc(Oc2ncc(C(=O)N(C)CCCN(C)C)cc2Cl)ccc1C.CC. The molecule has 1 amide bonds. The van der Waals surface area contributed by atoms with E-state index in [0.29, 0.717) is 29.5 Å². The Balaban J connectivity index is 0.00000352. The Bertz CT molecular complexity index is 1160. The quantitative estimate of drug-likeness (QED) is 0.296. The minimum absolute atomic E-state index is 0.141. The third-order valence-corrected chi connectivity index (χ3v) is 5.48. The van der Waals surface area contributed by atoms with Crippen molar-refractivity contribution in [2.24, 2.45) is 9.98 Å². The highest BCUT2D eigenvalue weighted by Crippen LogP contribution is 2.29. The third-order valence-electron chi connectivity index (χ3n) is 5.21. The summed E-state index contributed by atoms with van der Waals surface area (Å²) in [6.45, 7) is 13.1. The van der Waals surface area contributed by atoms with E-state index < -0.39 is 0 Å². The number of nitrogens with one attached hydrogen (secondary N) is 1. The average molecular weight is 541 g/mol. The molecule has 0 aliphatic carbocycles. The third kappa shape index (κ3) is 10.1. The molecule has 0 radical (unpaired) electrons. The second kappa shape index (κ2) is 17.1. The zero-order valence-electron chi connectivity index (χ0n) is 23.9. The number of hydrogen-bond acceptors (Lipinski definition) is 6. The fourth-order valence-electron chi connectivity index (χ4n) is 3.31. The number of halogens is 1. The van der Waals surface area contributed by atoms with Crippen molar-refractivity contribution in [2.45, 2.75) is 34.1 Å². The topological polar surface area (TPSA) is 82.4 Å². The summed E-state index contributed by atoms with van der Waals surface area (Å²) < 4.78 is 5.97. The number of aliphatic imine (C=N–C) groups is 2. The van der Waals surface area contributed by atoms with Gasteiger partial charge in [0.1, 0.15) is 22.4 Å². The van der Waals surface area contributed by atoms with Gasteiger partial charge in [0.2, 0.25) is 5.88 Å². The van der Waals surface area contributed by atoms with Crippen LogP contribution >= 0.6 is 11.6 Å². The van der Waals surface area contributed by atoms with Gasteiger partial charge in [-0.25, -0.2) is 9.98 Å². The van der Waals surface area contributed by atoms with Gasteiger partial charge in [-0.05, 0) is 70.7 Å². The molecule has 206 valence electrons. The van der Waals surface area contributed by atoms with Gasteiger partial charge in [-0.2, -0.15) is 0 Å². The number of ether oxygens (including phenoxy) is 1. The highest BCUT2D eigenvalue weighted by molar-refractivity contribution is 6.32. The van der Waals surface area contributed by atoms with Crippen LogP contribution in [0.15, 0.2) is 65.4 Å². The van der Waals surface area contributed by atoms with Crippen LogP contribution in [-0.2, 0) is 0 Å². The van der Waals surface area contributed by atoms with E-state index in [1.54, 1.807) is 25.1 Å². The van der Waals surface area contributed by atoms with Gasteiger partial charge in [0, 0.05) is 38.6 Å². The molecule has 0 saturated carbocycles. The molecule has 9 heteroatoms. The van der Waals surface area contributed by atoms with Crippen molar-refractivity contribution >= 4 is 29.2 Å². The zero-order valence-corrected chi connectivity index (χ0v) is 24.6. The second-order valence-corrected chi connectivity index (χ2v) is 8.77. The number of amides is 1. The normalized spacial score (nSPS) is 11.7. The van der Waals surface area contributed by atoms with Crippen LogP contribution in [0.25, 0.3) is 0 Å². The van der Waals surface area contributed by atoms with Gasteiger partial charge in [0.25, 0.3) is 5.91 Å². The number of benzene rings is 1. The first kappa shape index (κ1) is 32.5. The zero-order chi connectivity index (χ0) is 28.7.